The van der Waals surface area contributed by atoms with Gasteiger partial charge in [0, 0.05) is 19.5 Å². The normalized spacial score (nSPS) is 12.8. The van der Waals surface area contributed by atoms with Crippen LogP contribution in [0.1, 0.15) is 26.1 Å². The van der Waals surface area contributed by atoms with Crippen LogP contribution in [0.3, 0.4) is 0 Å². The molecule has 2 rings (SSSR count). The number of hydrogen-bond acceptors (Lipinski definition) is 5. The molecule has 1 atom stereocenters. The molecule has 0 saturated heterocycles. The zero-order valence-electron chi connectivity index (χ0n) is 12.0. The minimum atomic E-state index is 0.496. The van der Waals surface area contributed by atoms with Gasteiger partial charge in [0.05, 0.1) is 5.39 Å². The van der Waals surface area contributed by atoms with Crippen LogP contribution < -0.4 is 4.90 Å². The molecule has 0 amide bonds. The number of hydrogen-bond donors (Lipinski definition) is 0. The van der Waals surface area contributed by atoms with E-state index in [9.17, 15) is 0 Å². The summed E-state index contributed by atoms with van der Waals surface area (Å²) >= 11 is 3.59. The lowest BCUT2D eigenvalue weighted by molar-refractivity contribution is 0.662. The molecule has 5 heteroatoms. The summed E-state index contributed by atoms with van der Waals surface area (Å²) in [5, 5.41) is 3.28. The quantitative estimate of drug-likeness (QED) is 0.810. The lowest BCUT2D eigenvalue weighted by atomic mass is 10.2. The Balaban J connectivity index is 2.34. The van der Waals surface area contributed by atoms with Gasteiger partial charge in [0.1, 0.15) is 16.5 Å². The maximum atomic E-state index is 4.74. The average molecular weight is 295 g/mol. The third-order valence-corrected chi connectivity index (χ3v) is 4.85. The first-order valence-corrected chi connectivity index (χ1v) is 8.90. The minimum absolute atomic E-state index is 0.496. The van der Waals surface area contributed by atoms with Crippen LogP contribution in [-0.4, -0.2) is 35.1 Å². The number of anilines is 1. The van der Waals surface area contributed by atoms with Crippen LogP contribution in [0.5, 0.6) is 0 Å². The van der Waals surface area contributed by atoms with Gasteiger partial charge in [0.15, 0.2) is 0 Å². The second-order valence-corrected chi connectivity index (χ2v) is 6.58. The van der Waals surface area contributed by atoms with Crippen molar-refractivity contribution in [3.05, 3.63) is 17.3 Å². The fourth-order valence-electron chi connectivity index (χ4n) is 2.00. The van der Waals surface area contributed by atoms with Gasteiger partial charge in [-0.25, -0.2) is 9.97 Å². The van der Waals surface area contributed by atoms with Crippen LogP contribution >= 0.6 is 23.1 Å². The summed E-state index contributed by atoms with van der Waals surface area (Å²) in [6, 6.07) is 2.63. The van der Waals surface area contributed by atoms with E-state index in [0.29, 0.717) is 6.04 Å². The first-order valence-electron chi connectivity index (χ1n) is 6.63. The Morgan fingerprint density at radius 1 is 1.42 bits per heavy atom. The van der Waals surface area contributed by atoms with E-state index in [0.717, 1.165) is 22.9 Å². The molecule has 2 aromatic rings. The molecule has 0 aliphatic heterocycles. The van der Waals surface area contributed by atoms with Gasteiger partial charge >= 0.3 is 0 Å². The molecule has 0 aliphatic rings. The second-order valence-electron chi connectivity index (χ2n) is 4.70. The highest BCUT2D eigenvalue weighted by atomic mass is 32.2. The van der Waals surface area contributed by atoms with E-state index in [1.807, 2.05) is 11.8 Å². The van der Waals surface area contributed by atoms with Crippen LogP contribution in [0, 0.1) is 0 Å². The molecule has 0 bridgehead atoms. The Bertz CT molecular complexity index is 538. The van der Waals surface area contributed by atoms with Gasteiger partial charge < -0.3 is 4.90 Å². The summed E-state index contributed by atoms with van der Waals surface area (Å²) in [4.78, 5) is 12.7. The standard InChI is InChI=1S/C14H21N3S2/c1-5-12-15-13(11-7-9-19-14(11)16-12)17(3)10(2)6-8-18-4/h7,9-10H,5-6,8H2,1-4H3. The van der Waals surface area contributed by atoms with Gasteiger partial charge in [-0.15, -0.1) is 11.3 Å². The monoisotopic (exact) mass is 295 g/mol. The van der Waals surface area contributed by atoms with Crippen molar-refractivity contribution in [2.75, 3.05) is 24.0 Å². The lowest BCUT2D eigenvalue weighted by Crippen LogP contribution is -2.30. The third-order valence-electron chi connectivity index (χ3n) is 3.40. The summed E-state index contributed by atoms with van der Waals surface area (Å²) in [6.45, 7) is 4.37. The minimum Gasteiger partial charge on any atom is -0.356 e. The fourth-order valence-corrected chi connectivity index (χ4v) is 3.35. The third kappa shape index (κ3) is 3.20. The van der Waals surface area contributed by atoms with E-state index >= 15 is 0 Å². The molecule has 2 aromatic heterocycles. The first-order chi connectivity index (χ1) is 9.17. The number of nitrogens with zero attached hydrogens (tertiary/aromatic N) is 3. The molecular formula is C14H21N3S2. The van der Waals surface area contributed by atoms with E-state index < -0.39 is 0 Å². The molecule has 0 aliphatic carbocycles. The Morgan fingerprint density at radius 2 is 2.21 bits per heavy atom. The van der Waals surface area contributed by atoms with Crippen molar-refractivity contribution in [3.63, 3.8) is 0 Å². The van der Waals surface area contributed by atoms with Crippen molar-refractivity contribution in [1.29, 1.82) is 0 Å². The smallest absolute Gasteiger partial charge is 0.141 e. The highest BCUT2D eigenvalue weighted by Gasteiger charge is 2.16. The maximum Gasteiger partial charge on any atom is 0.141 e. The van der Waals surface area contributed by atoms with E-state index in [1.54, 1.807) is 11.3 Å². The number of rotatable bonds is 6. The van der Waals surface area contributed by atoms with E-state index in [-0.39, 0.29) is 0 Å². The zero-order valence-corrected chi connectivity index (χ0v) is 13.6. The van der Waals surface area contributed by atoms with Crippen molar-refractivity contribution in [2.45, 2.75) is 32.7 Å². The van der Waals surface area contributed by atoms with Gasteiger partial charge in [-0.3, -0.25) is 0 Å². The largest absolute Gasteiger partial charge is 0.356 e. The van der Waals surface area contributed by atoms with Gasteiger partial charge in [-0.2, -0.15) is 11.8 Å². The van der Waals surface area contributed by atoms with Crippen molar-refractivity contribution in [3.8, 4) is 0 Å². The zero-order chi connectivity index (χ0) is 13.8. The summed E-state index contributed by atoms with van der Waals surface area (Å²) in [5.74, 6) is 3.20. The molecule has 104 valence electrons. The topological polar surface area (TPSA) is 29.0 Å². The van der Waals surface area contributed by atoms with Gasteiger partial charge in [-0.05, 0) is 36.8 Å². The Kier molecular flexibility index (Phi) is 5.05. The average Bonchev–Trinajstić information content (AvgIpc) is 2.90. The molecule has 0 fully saturated rings. The van der Waals surface area contributed by atoms with Gasteiger partial charge in [0.25, 0.3) is 0 Å². The van der Waals surface area contributed by atoms with Crippen molar-refractivity contribution < 1.29 is 0 Å². The molecule has 1 unspecified atom stereocenters. The highest BCUT2D eigenvalue weighted by Crippen LogP contribution is 2.28. The maximum absolute atomic E-state index is 4.74. The molecule has 3 nitrogen and oxygen atoms in total. The predicted octanol–water partition coefficient (Wildman–Crippen LogP) is 3.83. The van der Waals surface area contributed by atoms with E-state index in [1.165, 1.54) is 17.6 Å². The SMILES string of the molecule is CCc1nc(N(C)C(C)CCSC)c2ccsc2n1. The molecular weight excluding hydrogens is 274 g/mol. The number of aromatic nitrogens is 2. The van der Waals surface area contributed by atoms with Crippen molar-refractivity contribution in [2.24, 2.45) is 0 Å². The van der Waals surface area contributed by atoms with Crippen molar-refractivity contribution >= 4 is 39.1 Å². The molecule has 0 N–H and O–H groups in total. The van der Waals surface area contributed by atoms with Crippen LogP contribution in [0.25, 0.3) is 10.2 Å². The number of fused-ring (bicyclic) bond motifs is 1. The van der Waals surface area contributed by atoms with Crippen molar-refractivity contribution in [1.82, 2.24) is 9.97 Å². The molecule has 0 spiro atoms. The van der Waals surface area contributed by atoms with Gasteiger partial charge in [-0.1, -0.05) is 6.92 Å². The highest BCUT2D eigenvalue weighted by molar-refractivity contribution is 7.98. The fraction of sp³-hybridized carbons (Fsp3) is 0.571. The number of thioether (sulfide) groups is 1. The molecule has 0 aromatic carbocycles. The van der Waals surface area contributed by atoms with E-state index in [4.69, 9.17) is 4.98 Å². The van der Waals surface area contributed by atoms with Crippen LogP contribution in [0.4, 0.5) is 5.82 Å². The predicted molar refractivity (Wildman–Crippen MR) is 87.7 cm³/mol. The Hall–Kier alpha value is -0.810. The summed E-state index contributed by atoms with van der Waals surface area (Å²) in [6.07, 6.45) is 4.21. The summed E-state index contributed by atoms with van der Waals surface area (Å²) < 4.78 is 0. The Labute approximate surface area is 123 Å². The number of aryl methyl sites for hydroxylation is 1. The van der Waals surface area contributed by atoms with Crippen LogP contribution in [0.2, 0.25) is 0 Å². The molecule has 0 saturated carbocycles. The Morgan fingerprint density at radius 3 is 2.89 bits per heavy atom. The van der Waals surface area contributed by atoms with E-state index in [2.05, 4.69) is 48.5 Å². The summed E-state index contributed by atoms with van der Waals surface area (Å²) in [5.41, 5.74) is 0. The molecule has 2 heterocycles. The van der Waals surface area contributed by atoms with Gasteiger partial charge in [0.2, 0.25) is 0 Å². The second kappa shape index (κ2) is 6.57. The molecule has 19 heavy (non-hydrogen) atoms. The molecule has 0 radical (unpaired) electrons. The first kappa shape index (κ1) is 14.6. The number of thiophene rings is 1. The van der Waals surface area contributed by atoms with Crippen LogP contribution in [-0.2, 0) is 6.42 Å². The van der Waals surface area contributed by atoms with Crippen LogP contribution in [0.15, 0.2) is 11.4 Å². The lowest BCUT2D eigenvalue weighted by Gasteiger charge is -2.26. The summed E-state index contributed by atoms with van der Waals surface area (Å²) in [7, 11) is 2.14.